The van der Waals surface area contributed by atoms with Crippen LogP contribution in [0.1, 0.15) is 42.1 Å². The Bertz CT molecular complexity index is 733. The normalized spacial score (nSPS) is 10.7. The van der Waals surface area contributed by atoms with Gasteiger partial charge in [-0.3, -0.25) is 10.1 Å². The largest absolute Gasteiger partial charge is 0.465 e. The highest BCUT2D eigenvalue weighted by Crippen LogP contribution is 2.24. The van der Waals surface area contributed by atoms with Crippen molar-refractivity contribution in [2.45, 2.75) is 26.2 Å². The lowest BCUT2D eigenvalue weighted by Crippen LogP contribution is -2.09. The number of methoxy groups -OCH3 is 1. The van der Waals surface area contributed by atoms with Gasteiger partial charge in [0.15, 0.2) is 0 Å². The highest BCUT2D eigenvalue weighted by atomic mass is 16.6. The number of hydrogen-bond acceptors (Lipinski definition) is 7. The Morgan fingerprint density at radius 1 is 1.40 bits per heavy atom. The lowest BCUT2D eigenvalue weighted by molar-refractivity contribution is -0.385. The molecule has 1 aromatic rings. The van der Waals surface area contributed by atoms with Crippen molar-refractivity contribution in [3.05, 3.63) is 45.0 Å². The van der Waals surface area contributed by atoms with Gasteiger partial charge < -0.3 is 9.47 Å². The zero-order valence-electron chi connectivity index (χ0n) is 14.0. The van der Waals surface area contributed by atoms with Gasteiger partial charge in [0.25, 0.3) is 5.69 Å². The lowest BCUT2D eigenvalue weighted by atomic mass is 10.0. The molecule has 25 heavy (non-hydrogen) atoms. The summed E-state index contributed by atoms with van der Waals surface area (Å²) in [6.07, 6.45) is 2.50. The van der Waals surface area contributed by atoms with Crippen LogP contribution in [0.25, 0.3) is 6.08 Å². The van der Waals surface area contributed by atoms with E-state index in [0.29, 0.717) is 6.42 Å². The smallest absolute Gasteiger partial charge is 0.338 e. The molecule has 8 nitrogen and oxygen atoms in total. The van der Waals surface area contributed by atoms with Crippen molar-refractivity contribution in [3.63, 3.8) is 0 Å². The van der Waals surface area contributed by atoms with Crippen LogP contribution in [0.2, 0.25) is 0 Å². The first-order valence-electron chi connectivity index (χ1n) is 7.56. The molecule has 0 aliphatic rings. The molecule has 0 saturated heterocycles. The zero-order valence-corrected chi connectivity index (χ0v) is 14.0. The van der Waals surface area contributed by atoms with Crippen molar-refractivity contribution in [3.8, 4) is 6.07 Å². The predicted molar refractivity (Wildman–Crippen MR) is 88.5 cm³/mol. The van der Waals surface area contributed by atoms with E-state index in [1.54, 1.807) is 0 Å². The number of nitrogens with zero attached hydrogens (tertiary/aromatic N) is 2. The van der Waals surface area contributed by atoms with Gasteiger partial charge in [-0.15, -0.1) is 0 Å². The molecule has 0 spiro atoms. The number of nitro benzene ring substituents is 1. The number of esters is 2. The van der Waals surface area contributed by atoms with Gasteiger partial charge in [-0.05, 0) is 24.6 Å². The van der Waals surface area contributed by atoms with E-state index in [1.165, 1.54) is 25.3 Å². The van der Waals surface area contributed by atoms with Gasteiger partial charge in [-0.1, -0.05) is 13.3 Å². The summed E-state index contributed by atoms with van der Waals surface area (Å²) >= 11 is 0. The quantitative estimate of drug-likeness (QED) is 0.233. The summed E-state index contributed by atoms with van der Waals surface area (Å²) in [5, 5.41) is 20.1. The lowest BCUT2D eigenvalue weighted by Gasteiger charge is -2.06. The highest BCUT2D eigenvalue weighted by Gasteiger charge is 2.19. The molecular formula is C17H18N2O6. The standard InChI is InChI=1S/C17H18N2O6/c1-3-4-9-25-17(21)14(7-8-18)10-12-5-6-13(16(20)24-2)11-15(12)19(22)23/h5-6,10-11H,3-4,7,9H2,1-2H3/b14-10+. The second-order valence-corrected chi connectivity index (χ2v) is 5.02. The van der Waals surface area contributed by atoms with Crippen LogP contribution in [-0.4, -0.2) is 30.6 Å². The van der Waals surface area contributed by atoms with Gasteiger partial charge in [0.2, 0.25) is 0 Å². The van der Waals surface area contributed by atoms with E-state index in [1.807, 2.05) is 13.0 Å². The molecule has 0 amide bonds. The van der Waals surface area contributed by atoms with Crippen LogP contribution in [0.4, 0.5) is 5.69 Å². The third-order valence-electron chi connectivity index (χ3n) is 3.24. The topological polar surface area (TPSA) is 120 Å². The molecule has 0 atom stereocenters. The summed E-state index contributed by atoms with van der Waals surface area (Å²) in [7, 11) is 1.17. The van der Waals surface area contributed by atoms with Gasteiger partial charge in [0, 0.05) is 6.07 Å². The predicted octanol–water partition coefficient (Wildman–Crippen LogP) is 3.02. The SMILES string of the molecule is CCCCOC(=O)/C(=C/c1ccc(C(=O)OC)cc1[N+](=O)[O-])CC#N. The van der Waals surface area contributed by atoms with Crippen LogP contribution in [-0.2, 0) is 14.3 Å². The number of nitro groups is 1. The van der Waals surface area contributed by atoms with Crippen LogP contribution < -0.4 is 0 Å². The van der Waals surface area contributed by atoms with Gasteiger partial charge in [-0.2, -0.15) is 5.26 Å². The molecule has 0 bridgehead atoms. The van der Waals surface area contributed by atoms with E-state index < -0.39 is 16.9 Å². The van der Waals surface area contributed by atoms with Crippen molar-refractivity contribution in [1.82, 2.24) is 0 Å². The molecule has 0 radical (unpaired) electrons. The summed E-state index contributed by atoms with van der Waals surface area (Å²) in [5.74, 6) is -1.41. The second kappa shape index (κ2) is 9.82. The van der Waals surface area contributed by atoms with Crippen molar-refractivity contribution in [1.29, 1.82) is 5.26 Å². The van der Waals surface area contributed by atoms with Crippen molar-refractivity contribution in [2.75, 3.05) is 13.7 Å². The van der Waals surface area contributed by atoms with Gasteiger partial charge in [-0.25, -0.2) is 9.59 Å². The van der Waals surface area contributed by atoms with E-state index in [2.05, 4.69) is 4.74 Å². The Labute approximate surface area is 144 Å². The maximum Gasteiger partial charge on any atom is 0.338 e. The van der Waals surface area contributed by atoms with Crippen LogP contribution in [0.15, 0.2) is 23.8 Å². The third kappa shape index (κ3) is 5.73. The summed E-state index contributed by atoms with van der Waals surface area (Å²) in [6.45, 7) is 2.15. The number of ether oxygens (including phenoxy) is 2. The maximum absolute atomic E-state index is 12.0. The molecule has 132 valence electrons. The molecule has 0 saturated carbocycles. The molecule has 0 aliphatic carbocycles. The number of carbonyl (C=O) groups excluding carboxylic acids is 2. The number of rotatable bonds is 8. The number of hydrogen-bond donors (Lipinski definition) is 0. The fraction of sp³-hybridized carbons (Fsp3) is 0.353. The summed E-state index contributed by atoms with van der Waals surface area (Å²) in [4.78, 5) is 34.1. The van der Waals surface area contributed by atoms with E-state index in [0.717, 1.165) is 12.5 Å². The van der Waals surface area contributed by atoms with Gasteiger partial charge in [0.05, 0.1) is 47.8 Å². The Balaban J connectivity index is 3.23. The second-order valence-electron chi connectivity index (χ2n) is 5.02. The fourth-order valence-corrected chi connectivity index (χ4v) is 1.93. The average molecular weight is 346 g/mol. The summed E-state index contributed by atoms with van der Waals surface area (Å²) in [6, 6.07) is 5.56. The van der Waals surface area contributed by atoms with Crippen LogP contribution in [0.5, 0.6) is 0 Å². The molecule has 0 aromatic heterocycles. The molecular weight excluding hydrogens is 328 g/mol. The first-order valence-corrected chi connectivity index (χ1v) is 7.56. The molecule has 0 heterocycles. The van der Waals surface area contributed by atoms with Crippen molar-refractivity contribution >= 4 is 23.7 Å². The number of carbonyl (C=O) groups is 2. The minimum absolute atomic E-state index is 0.00696. The minimum Gasteiger partial charge on any atom is -0.465 e. The Morgan fingerprint density at radius 3 is 2.68 bits per heavy atom. The molecule has 0 N–H and O–H groups in total. The van der Waals surface area contributed by atoms with E-state index in [4.69, 9.17) is 10.00 Å². The Hall–Kier alpha value is -3.21. The van der Waals surface area contributed by atoms with E-state index >= 15 is 0 Å². The monoisotopic (exact) mass is 346 g/mol. The molecule has 1 rings (SSSR count). The highest BCUT2D eigenvalue weighted by molar-refractivity contribution is 5.95. The van der Waals surface area contributed by atoms with E-state index in [9.17, 15) is 19.7 Å². The van der Waals surface area contributed by atoms with Crippen molar-refractivity contribution in [2.24, 2.45) is 0 Å². The minimum atomic E-state index is -0.713. The van der Waals surface area contributed by atoms with Gasteiger partial charge >= 0.3 is 11.9 Å². The Morgan fingerprint density at radius 2 is 2.12 bits per heavy atom. The van der Waals surface area contributed by atoms with Crippen LogP contribution in [0.3, 0.4) is 0 Å². The molecule has 0 unspecified atom stereocenters. The molecule has 0 fully saturated rings. The number of benzene rings is 1. The fourth-order valence-electron chi connectivity index (χ4n) is 1.93. The Kier molecular flexibility index (Phi) is 7.79. The first-order chi connectivity index (χ1) is 11.9. The first kappa shape index (κ1) is 19.8. The molecule has 1 aromatic carbocycles. The molecule has 0 aliphatic heterocycles. The zero-order chi connectivity index (χ0) is 18.8. The number of unbranched alkanes of at least 4 members (excludes halogenated alkanes) is 1. The van der Waals surface area contributed by atoms with E-state index in [-0.39, 0.29) is 35.4 Å². The third-order valence-corrected chi connectivity index (χ3v) is 3.24. The van der Waals surface area contributed by atoms with Gasteiger partial charge in [0.1, 0.15) is 0 Å². The van der Waals surface area contributed by atoms with Crippen LogP contribution >= 0.6 is 0 Å². The number of nitriles is 1. The average Bonchev–Trinajstić information content (AvgIpc) is 2.60. The summed E-state index contributed by atoms with van der Waals surface area (Å²) in [5.41, 5.74) is -0.263. The summed E-state index contributed by atoms with van der Waals surface area (Å²) < 4.78 is 9.58. The van der Waals surface area contributed by atoms with Crippen molar-refractivity contribution < 1.29 is 24.0 Å². The maximum atomic E-state index is 12.0. The van der Waals surface area contributed by atoms with Crippen LogP contribution in [0, 0.1) is 21.4 Å². The molecule has 8 heteroatoms.